The average Bonchev–Trinajstić information content (AvgIpc) is 2.65. The molecule has 0 radical (unpaired) electrons. The minimum absolute atomic E-state index is 0.0304. The van der Waals surface area contributed by atoms with E-state index in [0.717, 1.165) is 25.0 Å². The molecule has 0 atom stereocenters. The summed E-state index contributed by atoms with van der Waals surface area (Å²) in [6.07, 6.45) is 2.21. The van der Waals surface area contributed by atoms with Crippen molar-refractivity contribution in [3.8, 4) is 0 Å². The number of aryl methyl sites for hydroxylation is 1. The molecular weight excluding hydrogens is 372 g/mol. The fraction of sp³-hybridized carbons (Fsp3) is 0.684. The van der Waals surface area contributed by atoms with Crippen LogP contribution in [0, 0.1) is 6.92 Å². The van der Waals surface area contributed by atoms with Crippen LogP contribution in [-0.4, -0.2) is 67.9 Å². The minimum atomic E-state index is -3.73. The van der Waals surface area contributed by atoms with Crippen LogP contribution < -0.4 is 0 Å². The van der Waals surface area contributed by atoms with E-state index >= 15 is 0 Å². The number of ether oxygens (including phenoxy) is 4. The topological polar surface area (TPSA) is 80.3 Å². The Bertz CT molecular complexity index is 572. The second-order valence-corrected chi connectivity index (χ2v) is 7.51. The standard InChI is InChI=1S/C19H32O7S/c1-3-4-9-22-10-11-23-12-13-24-14-15-25-16-17-26-27(20,21)19-7-5-18(2)6-8-19/h5-8H,3-4,9-17H2,1-2H3. The Balaban J connectivity index is 1.91. The van der Waals surface area contributed by atoms with Gasteiger partial charge in [0, 0.05) is 6.61 Å². The Labute approximate surface area is 163 Å². The van der Waals surface area contributed by atoms with Crippen molar-refractivity contribution >= 4 is 10.1 Å². The molecule has 0 saturated carbocycles. The summed E-state index contributed by atoms with van der Waals surface area (Å²) in [5, 5.41) is 0. The summed E-state index contributed by atoms with van der Waals surface area (Å²) in [6.45, 7) is 7.90. The zero-order valence-electron chi connectivity index (χ0n) is 16.4. The van der Waals surface area contributed by atoms with E-state index in [-0.39, 0.29) is 18.1 Å². The van der Waals surface area contributed by atoms with Gasteiger partial charge in [0.05, 0.1) is 57.8 Å². The molecule has 1 aromatic carbocycles. The third-order valence-corrected chi connectivity index (χ3v) is 4.86. The van der Waals surface area contributed by atoms with Crippen LogP contribution in [0.4, 0.5) is 0 Å². The van der Waals surface area contributed by atoms with Gasteiger partial charge in [-0.3, -0.25) is 4.18 Å². The number of hydrogen-bond acceptors (Lipinski definition) is 7. The second kappa shape index (κ2) is 15.0. The highest BCUT2D eigenvalue weighted by Gasteiger charge is 2.14. The van der Waals surface area contributed by atoms with Crippen molar-refractivity contribution in [2.24, 2.45) is 0 Å². The summed E-state index contributed by atoms with van der Waals surface area (Å²) in [5.41, 5.74) is 0.989. The minimum Gasteiger partial charge on any atom is -0.379 e. The second-order valence-electron chi connectivity index (χ2n) is 5.89. The van der Waals surface area contributed by atoms with Gasteiger partial charge in [-0.15, -0.1) is 0 Å². The monoisotopic (exact) mass is 404 g/mol. The Hall–Kier alpha value is -1.03. The first-order valence-corrected chi connectivity index (χ1v) is 10.7. The highest BCUT2D eigenvalue weighted by atomic mass is 32.2. The van der Waals surface area contributed by atoms with E-state index in [9.17, 15) is 8.42 Å². The lowest BCUT2D eigenvalue weighted by molar-refractivity contribution is -0.00459. The molecule has 0 aliphatic heterocycles. The van der Waals surface area contributed by atoms with Crippen molar-refractivity contribution < 1.29 is 31.5 Å². The van der Waals surface area contributed by atoms with Gasteiger partial charge in [0.2, 0.25) is 0 Å². The van der Waals surface area contributed by atoms with Crippen molar-refractivity contribution in [3.63, 3.8) is 0 Å². The fourth-order valence-corrected chi connectivity index (χ4v) is 2.88. The van der Waals surface area contributed by atoms with Crippen LogP contribution in [0.1, 0.15) is 25.3 Å². The summed E-state index contributed by atoms with van der Waals surface area (Å²) in [4.78, 5) is 0.146. The van der Waals surface area contributed by atoms with Crippen molar-refractivity contribution in [1.29, 1.82) is 0 Å². The lowest BCUT2D eigenvalue weighted by atomic mass is 10.2. The van der Waals surface area contributed by atoms with Gasteiger partial charge in [-0.2, -0.15) is 8.42 Å². The highest BCUT2D eigenvalue weighted by molar-refractivity contribution is 7.86. The zero-order valence-corrected chi connectivity index (χ0v) is 17.2. The van der Waals surface area contributed by atoms with Gasteiger partial charge >= 0.3 is 0 Å². The van der Waals surface area contributed by atoms with Crippen LogP contribution in [0.2, 0.25) is 0 Å². The van der Waals surface area contributed by atoms with Gasteiger partial charge in [-0.1, -0.05) is 31.0 Å². The molecule has 8 heteroatoms. The van der Waals surface area contributed by atoms with E-state index in [2.05, 4.69) is 6.92 Å². The molecule has 0 heterocycles. The maximum atomic E-state index is 12.0. The molecule has 156 valence electrons. The lowest BCUT2D eigenvalue weighted by Crippen LogP contribution is -2.15. The van der Waals surface area contributed by atoms with Gasteiger partial charge in [-0.05, 0) is 25.5 Å². The summed E-state index contributed by atoms with van der Waals surface area (Å²) >= 11 is 0. The average molecular weight is 405 g/mol. The van der Waals surface area contributed by atoms with Gasteiger partial charge in [0.25, 0.3) is 10.1 Å². The van der Waals surface area contributed by atoms with Crippen molar-refractivity contribution in [3.05, 3.63) is 29.8 Å². The van der Waals surface area contributed by atoms with Crippen LogP contribution in [0.5, 0.6) is 0 Å². The number of rotatable bonds is 17. The van der Waals surface area contributed by atoms with Crippen molar-refractivity contribution in [2.75, 3.05) is 59.5 Å². The van der Waals surface area contributed by atoms with E-state index < -0.39 is 10.1 Å². The summed E-state index contributed by atoms with van der Waals surface area (Å²) in [7, 11) is -3.73. The molecule has 7 nitrogen and oxygen atoms in total. The van der Waals surface area contributed by atoms with Crippen molar-refractivity contribution in [1.82, 2.24) is 0 Å². The molecule has 0 amide bonds. The molecule has 1 rings (SSSR count). The van der Waals surface area contributed by atoms with E-state index in [1.165, 1.54) is 12.1 Å². The first kappa shape index (κ1) is 24.0. The summed E-state index contributed by atoms with van der Waals surface area (Å²) in [6, 6.07) is 6.51. The van der Waals surface area contributed by atoms with E-state index in [0.29, 0.717) is 39.6 Å². The third-order valence-electron chi connectivity index (χ3n) is 3.53. The first-order chi connectivity index (χ1) is 13.1. The van der Waals surface area contributed by atoms with E-state index in [4.69, 9.17) is 23.1 Å². The van der Waals surface area contributed by atoms with Gasteiger partial charge in [0.15, 0.2) is 0 Å². The molecular formula is C19H32O7S. The van der Waals surface area contributed by atoms with Gasteiger partial charge in [-0.25, -0.2) is 0 Å². The van der Waals surface area contributed by atoms with Crippen LogP contribution in [-0.2, 0) is 33.2 Å². The molecule has 1 aromatic rings. The zero-order chi connectivity index (χ0) is 19.8. The lowest BCUT2D eigenvalue weighted by Gasteiger charge is -2.08. The molecule has 0 aliphatic carbocycles. The first-order valence-electron chi connectivity index (χ1n) is 9.33. The maximum absolute atomic E-state index is 12.0. The van der Waals surface area contributed by atoms with Crippen LogP contribution in [0.15, 0.2) is 29.2 Å². The maximum Gasteiger partial charge on any atom is 0.297 e. The molecule has 0 unspecified atom stereocenters. The molecule has 0 saturated heterocycles. The molecule has 0 aliphatic rings. The molecule has 0 fully saturated rings. The van der Waals surface area contributed by atoms with Gasteiger partial charge < -0.3 is 18.9 Å². The SMILES string of the molecule is CCCCOCCOCCOCCOCCOS(=O)(=O)c1ccc(C)cc1. The van der Waals surface area contributed by atoms with Crippen molar-refractivity contribution in [2.45, 2.75) is 31.6 Å². The number of benzene rings is 1. The molecule has 0 bridgehead atoms. The molecule has 0 aromatic heterocycles. The van der Waals surface area contributed by atoms with Gasteiger partial charge in [0.1, 0.15) is 0 Å². The quantitative estimate of drug-likeness (QED) is 0.292. The Morgan fingerprint density at radius 3 is 1.63 bits per heavy atom. The van der Waals surface area contributed by atoms with Crippen LogP contribution in [0.3, 0.4) is 0 Å². The summed E-state index contributed by atoms with van der Waals surface area (Å²) in [5.74, 6) is 0. The summed E-state index contributed by atoms with van der Waals surface area (Å²) < 4.78 is 50.2. The smallest absolute Gasteiger partial charge is 0.297 e. The number of hydrogen-bond donors (Lipinski definition) is 0. The Morgan fingerprint density at radius 2 is 1.15 bits per heavy atom. The molecule has 27 heavy (non-hydrogen) atoms. The van der Waals surface area contributed by atoms with Crippen LogP contribution in [0.25, 0.3) is 0 Å². The Kier molecular flexibility index (Phi) is 13.3. The highest BCUT2D eigenvalue weighted by Crippen LogP contribution is 2.12. The van der Waals surface area contributed by atoms with E-state index in [1.807, 2.05) is 6.92 Å². The number of unbranched alkanes of at least 4 members (excludes halogenated alkanes) is 1. The third kappa shape index (κ3) is 12.1. The predicted octanol–water partition coefficient (Wildman–Crippen LogP) is 2.57. The van der Waals surface area contributed by atoms with Crippen LogP contribution >= 0.6 is 0 Å². The Morgan fingerprint density at radius 1 is 0.704 bits per heavy atom. The van der Waals surface area contributed by atoms with E-state index in [1.54, 1.807) is 12.1 Å². The normalized spacial score (nSPS) is 11.8. The molecule has 0 spiro atoms. The molecule has 0 N–H and O–H groups in total. The largest absolute Gasteiger partial charge is 0.379 e. The predicted molar refractivity (Wildman–Crippen MR) is 103 cm³/mol. The fourth-order valence-electron chi connectivity index (χ4n) is 1.98.